The molecule has 0 spiro atoms. The SMILES string of the molecule is Nc1nc(NCCC2CCCCC2)nc2c1C(=O)N(c1ccc([C@H]3CC[C@H](CC(=O)O)CC3)cc1)CCO2. The number of rotatable bonds is 8. The van der Waals surface area contributed by atoms with Gasteiger partial charge in [-0.25, -0.2) is 0 Å². The Labute approximate surface area is 224 Å². The normalized spacial score (nSPS) is 22.3. The van der Waals surface area contributed by atoms with Crippen LogP contribution in [0.5, 0.6) is 5.88 Å². The Morgan fingerprint density at radius 2 is 1.76 bits per heavy atom. The number of hydrogen-bond donors (Lipinski definition) is 3. The van der Waals surface area contributed by atoms with E-state index in [1.54, 1.807) is 4.90 Å². The zero-order chi connectivity index (χ0) is 26.5. The fourth-order valence-electron chi connectivity index (χ4n) is 6.29. The van der Waals surface area contributed by atoms with Gasteiger partial charge in [-0.1, -0.05) is 44.2 Å². The molecule has 2 aromatic rings. The van der Waals surface area contributed by atoms with E-state index in [1.165, 1.54) is 37.7 Å². The Morgan fingerprint density at radius 1 is 1.03 bits per heavy atom. The highest BCUT2D eigenvalue weighted by atomic mass is 16.5. The number of nitrogen functional groups attached to an aromatic ring is 1. The molecule has 2 aliphatic carbocycles. The molecule has 0 radical (unpaired) electrons. The summed E-state index contributed by atoms with van der Waals surface area (Å²) >= 11 is 0. The summed E-state index contributed by atoms with van der Waals surface area (Å²) in [6, 6.07) is 8.10. The first kappa shape index (κ1) is 26.3. The van der Waals surface area contributed by atoms with Gasteiger partial charge in [-0.05, 0) is 67.6 Å². The maximum absolute atomic E-state index is 13.5. The van der Waals surface area contributed by atoms with E-state index in [2.05, 4.69) is 27.4 Å². The zero-order valence-electron chi connectivity index (χ0n) is 22.0. The number of hydrogen-bond acceptors (Lipinski definition) is 7. The minimum absolute atomic E-state index is 0.127. The van der Waals surface area contributed by atoms with Gasteiger partial charge in [-0.15, -0.1) is 0 Å². The van der Waals surface area contributed by atoms with Gasteiger partial charge in [-0.2, -0.15) is 9.97 Å². The summed E-state index contributed by atoms with van der Waals surface area (Å²) in [5.41, 5.74) is 8.49. The van der Waals surface area contributed by atoms with Crippen molar-refractivity contribution in [2.24, 2.45) is 11.8 Å². The van der Waals surface area contributed by atoms with Crippen molar-refractivity contribution in [3.05, 3.63) is 35.4 Å². The summed E-state index contributed by atoms with van der Waals surface area (Å²) in [6.07, 6.45) is 11.8. The second-order valence-electron chi connectivity index (χ2n) is 11.0. The number of aromatic nitrogens is 2. The van der Waals surface area contributed by atoms with Crippen LogP contribution in [0.25, 0.3) is 0 Å². The van der Waals surface area contributed by atoms with Crippen molar-refractivity contribution in [1.29, 1.82) is 0 Å². The molecule has 9 heteroatoms. The van der Waals surface area contributed by atoms with Crippen LogP contribution >= 0.6 is 0 Å². The number of carbonyl (C=O) groups excluding carboxylic acids is 1. The number of anilines is 3. The van der Waals surface area contributed by atoms with E-state index in [0.29, 0.717) is 25.0 Å². The molecule has 1 aromatic heterocycles. The minimum atomic E-state index is -0.710. The number of nitrogens with one attached hydrogen (secondary N) is 1. The number of carboxylic acid groups (broad SMARTS) is 1. The Morgan fingerprint density at radius 3 is 2.47 bits per heavy atom. The van der Waals surface area contributed by atoms with Gasteiger partial charge in [-0.3, -0.25) is 9.59 Å². The third kappa shape index (κ3) is 6.19. The molecule has 2 saturated carbocycles. The van der Waals surface area contributed by atoms with Crippen molar-refractivity contribution < 1.29 is 19.4 Å². The number of nitrogens with two attached hydrogens (primary N) is 1. The first-order valence-corrected chi connectivity index (χ1v) is 14.2. The molecule has 3 aliphatic rings. The molecule has 0 bridgehead atoms. The third-order valence-electron chi connectivity index (χ3n) is 8.46. The number of benzene rings is 1. The van der Waals surface area contributed by atoms with Crippen LogP contribution in [-0.2, 0) is 4.79 Å². The average molecular weight is 522 g/mol. The van der Waals surface area contributed by atoms with Crippen molar-refractivity contribution >= 4 is 29.3 Å². The lowest BCUT2D eigenvalue weighted by molar-refractivity contribution is -0.138. The standard InChI is InChI=1S/C29H39N5O4/c30-26-25-27(33-29(32-26)31-15-14-19-4-2-1-3-5-19)38-17-16-34(28(25)37)23-12-10-22(11-13-23)21-8-6-20(7-9-21)18-24(35)36/h10-13,19-21H,1-9,14-18H2,(H,35,36)(H3,30,31,32,33)/t20-,21-. The quantitative estimate of drug-likeness (QED) is 0.430. The summed E-state index contributed by atoms with van der Waals surface area (Å²) in [7, 11) is 0. The monoisotopic (exact) mass is 521 g/mol. The molecule has 0 atom stereocenters. The van der Waals surface area contributed by atoms with Gasteiger partial charge < -0.3 is 25.8 Å². The molecule has 0 unspecified atom stereocenters. The lowest BCUT2D eigenvalue weighted by atomic mass is 9.77. The number of fused-ring (bicyclic) bond motifs is 1. The van der Waals surface area contributed by atoms with Crippen LogP contribution in [0.1, 0.15) is 92.5 Å². The van der Waals surface area contributed by atoms with E-state index in [4.69, 9.17) is 15.6 Å². The van der Waals surface area contributed by atoms with Gasteiger partial charge in [0, 0.05) is 18.7 Å². The van der Waals surface area contributed by atoms with Crippen molar-refractivity contribution in [2.75, 3.05) is 35.6 Å². The summed E-state index contributed by atoms with van der Waals surface area (Å²) in [4.78, 5) is 35.1. The van der Waals surface area contributed by atoms with Crippen molar-refractivity contribution in [3.8, 4) is 5.88 Å². The van der Waals surface area contributed by atoms with Gasteiger partial charge in [0.2, 0.25) is 11.8 Å². The molecule has 38 heavy (non-hydrogen) atoms. The summed E-state index contributed by atoms with van der Waals surface area (Å²) in [5.74, 6) is 1.25. The molecular formula is C29H39N5O4. The van der Waals surface area contributed by atoms with Crippen LogP contribution < -0.4 is 20.7 Å². The van der Waals surface area contributed by atoms with E-state index >= 15 is 0 Å². The number of carbonyl (C=O) groups is 2. The third-order valence-corrected chi connectivity index (χ3v) is 8.46. The molecule has 2 fully saturated rings. The van der Waals surface area contributed by atoms with Crippen LogP contribution in [0.2, 0.25) is 0 Å². The highest BCUT2D eigenvalue weighted by Crippen LogP contribution is 2.38. The molecule has 204 valence electrons. The molecule has 2 heterocycles. The molecule has 4 N–H and O–H groups in total. The fraction of sp³-hybridized carbons (Fsp3) is 0.586. The number of carboxylic acids is 1. The van der Waals surface area contributed by atoms with Crippen molar-refractivity contribution in [1.82, 2.24) is 9.97 Å². The Bertz CT molecular complexity index is 1120. The maximum Gasteiger partial charge on any atom is 0.303 e. The summed E-state index contributed by atoms with van der Waals surface area (Å²) in [6.45, 7) is 1.47. The lowest BCUT2D eigenvalue weighted by Crippen LogP contribution is -2.32. The average Bonchev–Trinajstić information content (AvgIpc) is 3.08. The Hall–Kier alpha value is -3.36. The van der Waals surface area contributed by atoms with Crippen LogP contribution in [0.3, 0.4) is 0 Å². The van der Waals surface area contributed by atoms with Crippen LogP contribution in [0, 0.1) is 11.8 Å². The fourth-order valence-corrected chi connectivity index (χ4v) is 6.29. The Balaban J connectivity index is 1.22. The molecule has 1 aromatic carbocycles. The van der Waals surface area contributed by atoms with Crippen LogP contribution in [-0.4, -0.2) is 46.6 Å². The van der Waals surface area contributed by atoms with Gasteiger partial charge in [0.15, 0.2) is 0 Å². The van der Waals surface area contributed by atoms with Gasteiger partial charge in [0.25, 0.3) is 5.91 Å². The number of ether oxygens (including phenoxy) is 1. The second-order valence-corrected chi connectivity index (χ2v) is 11.0. The summed E-state index contributed by atoms with van der Waals surface area (Å²) < 4.78 is 5.87. The van der Waals surface area contributed by atoms with E-state index < -0.39 is 5.97 Å². The smallest absolute Gasteiger partial charge is 0.303 e. The van der Waals surface area contributed by atoms with E-state index in [0.717, 1.165) is 50.3 Å². The van der Waals surface area contributed by atoms with Crippen LogP contribution in [0.15, 0.2) is 24.3 Å². The summed E-state index contributed by atoms with van der Waals surface area (Å²) in [5, 5.41) is 12.3. The predicted molar refractivity (Wildman–Crippen MR) is 147 cm³/mol. The maximum atomic E-state index is 13.5. The number of nitrogens with zero attached hydrogens (tertiary/aromatic N) is 3. The van der Waals surface area contributed by atoms with Gasteiger partial charge >= 0.3 is 5.97 Å². The lowest BCUT2D eigenvalue weighted by Gasteiger charge is -2.28. The molecule has 0 saturated heterocycles. The minimum Gasteiger partial charge on any atom is -0.481 e. The topological polar surface area (TPSA) is 131 Å². The van der Waals surface area contributed by atoms with Gasteiger partial charge in [0.05, 0.1) is 6.54 Å². The van der Waals surface area contributed by atoms with Crippen LogP contribution in [0.4, 0.5) is 17.5 Å². The molecule has 9 nitrogen and oxygen atoms in total. The molecule has 1 amide bonds. The predicted octanol–water partition coefficient (Wildman–Crippen LogP) is 5.23. The van der Waals surface area contributed by atoms with E-state index in [1.807, 2.05) is 12.1 Å². The first-order chi connectivity index (χ1) is 18.5. The van der Waals surface area contributed by atoms with E-state index in [-0.39, 0.29) is 35.5 Å². The highest BCUT2D eigenvalue weighted by Gasteiger charge is 2.30. The first-order valence-electron chi connectivity index (χ1n) is 14.2. The number of aliphatic carboxylic acids is 1. The molecule has 5 rings (SSSR count). The van der Waals surface area contributed by atoms with Gasteiger partial charge in [0.1, 0.15) is 18.0 Å². The largest absolute Gasteiger partial charge is 0.481 e. The molecule has 1 aliphatic heterocycles. The Kier molecular flexibility index (Phi) is 8.29. The van der Waals surface area contributed by atoms with Crippen molar-refractivity contribution in [2.45, 2.75) is 76.5 Å². The zero-order valence-corrected chi connectivity index (χ0v) is 22.0. The number of amides is 1. The van der Waals surface area contributed by atoms with Crippen molar-refractivity contribution in [3.63, 3.8) is 0 Å². The van der Waals surface area contributed by atoms with E-state index in [9.17, 15) is 9.59 Å². The molecular weight excluding hydrogens is 482 g/mol. The second kappa shape index (κ2) is 12.0. The highest BCUT2D eigenvalue weighted by molar-refractivity contribution is 6.10.